The van der Waals surface area contributed by atoms with Crippen LogP contribution in [0.5, 0.6) is 11.6 Å². The summed E-state index contributed by atoms with van der Waals surface area (Å²) in [5, 5.41) is 2.91. The summed E-state index contributed by atoms with van der Waals surface area (Å²) in [6, 6.07) is 4.26. The van der Waals surface area contributed by atoms with Gasteiger partial charge < -0.3 is 24.4 Å². The van der Waals surface area contributed by atoms with Gasteiger partial charge in [-0.15, -0.1) is 0 Å². The summed E-state index contributed by atoms with van der Waals surface area (Å²) in [6.45, 7) is 5.75. The number of rotatable bonds is 10. The normalized spacial score (nSPS) is 29.4. The van der Waals surface area contributed by atoms with E-state index in [0.717, 1.165) is 32.1 Å². The molecule has 0 spiro atoms. The van der Waals surface area contributed by atoms with Crippen LogP contribution in [0.15, 0.2) is 30.4 Å². The minimum absolute atomic E-state index is 0.00874. The molecule has 54 heavy (non-hydrogen) atoms. The summed E-state index contributed by atoms with van der Waals surface area (Å²) in [4.78, 5) is 66.7. The van der Waals surface area contributed by atoms with Crippen molar-refractivity contribution in [3.63, 3.8) is 0 Å². The lowest BCUT2D eigenvalue weighted by Gasteiger charge is -2.29. The van der Waals surface area contributed by atoms with Crippen molar-refractivity contribution < 1.29 is 41.8 Å². The van der Waals surface area contributed by atoms with Crippen molar-refractivity contribution in [1.82, 2.24) is 24.9 Å². The van der Waals surface area contributed by atoms with Gasteiger partial charge in [-0.1, -0.05) is 31.9 Å². The zero-order valence-corrected chi connectivity index (χ0v) is 32.3. The predicted molar refractivity (Wildman–Crippen MR) is 198 cm³/mol. The van der Waals surface area contributed by atoms with Crippen molar-refractivity contribution in [1.29, 1.82) is 0 Å². The fraction of sp³-hybridized carbons (Fsp3) is 0.641. The zero-order valence-electron chi connectivity index (χ0n) is 31.5. The molecule has 2 aromatic rings. The van der Waals surface area contributed by atoms with Crippen LogP contribution in [0.3, 0.4) is 0 Å². The fourth-order valence-electron chi connectivity index (χ4n) is 7.45. The monoisotopic (exact) mass is 765 g/mol. The van der Waals surface area contributed by atoms with Crippen molar-refractivity contribution in [3.05, 3.63) is 36.0 Å². The molecule has 5 atom stereocenters. The molecule has 3 heterocycles. The van der Waals surface area contributed by atoms with Crippen LogP contribution >= 0.6 is 0 Å². The second kappa shape index (κ2) is 14.4. The molecule has 1 saturated heterocycles. The van der Waals surface area contributed by atoms with Crippen LogP contribution < -0.4 is 19.5 Å². The Bertz CT molecular complexity index is 1980. The van der Waals surface area contributed by atoms with Crippen LogP contribution in [0.4, 0.5) is 0 Å². The second-order valence-corrected chi connectivity index (χ2v) is 18.7. The molecule has 292 valence electrons. The van der Waals surface area contributed by atoms with Crippen molar-refractivity contribution in [3.8, 4) is 11.6 Å². The van der Waals surface area contributed by atoms with Crippen molar-refractivity contribution in [2.75, 3.05) is 20.3 Å². The number of aryl methyl sites for hydroxylation is 1. The van der Waals surface area contributed by atoms with Gasteiger partial charge in [-0.05, 0) is 77.3 Å². The third kappa shape index (κ3) is 7.92. The van der Waals surface area contributed by atoms with Crippen molar-refractivity contribution in [2.24, 2.45) is 17.3 Å². The molecule has 5 aliphatic rings. The van der Waals surface area contributed by atoms with Gasteiger partial charge in [0.1, 0.15) is 29.1 Å². The Labute approximate surface area is 316 Å². The van der Waals surface area contributed by atoms with E-state index in [2.05, 4.69) is 26.9 Å². The van der Waals surface area contributed by atoms with Crippen LogP contribution in [0, 0.1) is 24.2 Å². The number of benzene rings is 1. The van der Waals surface area contributed by atoms with E-state index in [1.165, 1.54) is 4.90 Å². The smallest absolute Gasteiger partial charge is 0.306 e. The van der Waals surface area contributed by atoms with Crippen LogP contribution in [0.25, 0.3) is 11.0 Å². The quantitative estimate of drug-likeness (QED) is 0.263. The first-order valence-corrected chi connectivity index (χ1v) is 20.6. The third-order valence-electron chi connectivity index (χ3n) is 12.0. The number of fused-ring (bicyclic) bond motifs is 3. The van der Waals surface area contributed by atoms with Gasteiger partial charge in [0.25, 0.3) is 5.91 Å². The number of allylic oxidation sites excluding steroid dienone is 1. The van der Waals surface area contributed by atoms with Crippen LogP contribution in [0.1, 0.15) is 96.6 Å². The first-order valence-electron chi connectivity index (χ1n) is 19.1. The Hall–Kier alpha value is -4.27. The summed E-state index contributed by atoms with van der Waals surface area (Å²) < 4.78 is 44.9. The Morgan fingerprint density at radius 3 is 2.56 bits per heavy atom. The van der Waals surface area contributed by atoms with Crippen molar-refractivity contribution in [2.45, 2.75) is 120 Å². The molecule has 14 nitrogen and oxygen atoms in total. The number of ether oxygens (including phenoxy) is 3. The zero-order chi connectivity index (χ0) is 38.5. The molecule has 15 heteroatoms. The minimum Gasteiger partial charge on any atom is -0.497 e. The largest absolute Gasteiger partial charge is 0.497 e. The number of aromatic nitrogens is 2. The standard InChI is InChI=1S/C39H51N5O9S/c1-24-34(41-30-19-27(51-4)12-13-29(30)40-24)53-28-20-31-33(46)42-39(36(48)43-54(49,50)38(3)16-17-38)21-26(39)11-9-7-5-6-8-10-25(35(47)44(31)22-28)18-32(45)52-23-37(2)14-15-37/h9,11-13,19,25-26,28,31H,5-8,10,14-18,20-23H2,1-4H3,(H,42,46)(H,43,48)/b11-9-/t25-,26-,28-,31+,39-/m1/s1. The highest BCUT2D eigenvalue weighted by Crippen LogP contribution is 2.48. The van der Waals surface area contributed by atoms with E-state index in [9.17, 15) is 27.6 Å². The molecular formula is C39H51N5O9S. The Morgan fingerprint density at radius 1 is 1.06 bits per heavy atom. The molecule has 0 bridgehead atoms. The lowest BCUT2D eigenvalue weighted by molar-refractivity contribution is -0.151. The van der Waals surface area contributed by atoms with Gasteiger partial charge in [0.05, 0.1) is 42.5 Å². The van der Waals surface area contributed by atoms with E-state index >= 15 is 0 Å². The second-order valence-electron chi connectivity index (χ2n) is 16.5. The number of esters is 1. The summed E-state index contributed by atoms with van der Waals surface area (Å²) in [5.74, 6) is -2.51. The topological polar surface area (TPSA) is 183 Å². The summed E-state index contributed by atoms with van der Waals surface area (Å²) in [6.07, 6.45) is 9.69. The average molecular weight is 766 g/mol. The Morgan fingerprint density at radius 2 is 1.83 bits per heavy atom. The van der Waals surface area contributed by atoms with Gasteiger partial charge in [-0.25, -0.2) is 18.4 Å². The molecule has 3 aliphatic carbocycles. The predicted octanol–water partition coefficient (Wildman–Crippen LogP) is 4.04. The molecule has 0 unspecified atom stereocenters. The number of nitrogens with one attached hydrogen (secondary N) is 2. The number of sulfonamides is 1. The van der Waals surface area contributed by atoms with E-state index in [-0.39, 0.29) is 43.0 Å². The number of methoxy groups -OCH3 is 1. The summed E-state index contributed by atoms with van der Waals surface area (Å²) in [7, 11) is -2.42. The number of hydrogen-bond donors (Lipinski definition) is 2. The molecule has 3 amide bonds. The lowest BCUT2D eigenvalue weighted by atomic mass is 9.95. The number of nitrogens with zero attached hydrogens (tertiary/aromatic N) is 3. The molecule has 7 rings (SSSR count). The molecule has 1 aromatic heterocycles. The molecule has 0 radical (unpaired) electrons. The molecular weight excluding hydrogens is 715 g/mol. The minimum atomic E-state index is -3.98. The summed E-state index contributed by atoms with van der Waals surface area (Å²) >= 11 is 0. The van der Waals surface area contributed by atoms with Gasteiger partial charge in [0.15, 0.2) is 0 Å². The molecule has 2 N–H and O–H groups in total. The Kier molecular flexibility index (Phi) is 10.2. The SMILES string of the molecule is COc1ccc2nc(C)c(O[C@@H]3C[C@H]4C(=O)N[C@]5(C(=O)NS(=O)(=O)C6(C)CC6)C[C@H]5/C=C\CCCCC[C@H](CC(=O)OCC5(C)CC5)C(=O)N4C3)nc2c1. The van der Waals surface area contributed by atoms with Crippen LogP contribution in [0.2, 0.25) is 0 Å². The lowest BCUT2D eigenvalue weighted by Crippen LogP contribution is -2.57. The first kappa shape index (κ1) is 38.0. The van der Waals surface area contributed by atoms with Gasteiger partial charge in [-0.3, -0.25) is 23.9 Å². The highest BCUT2D eigenvalue weighted by Gasteiger charge is 2.63. The van der Waals surface area contributed by atoms with Gasteiger partial charge in [0, 0.05) is 29.7 Å². The third-order valence-corrected chi connectivity index (χ3v) is 14.1. The molecule has 1 aromatic carbocycles. The molecule has 3 saturated carbocycles. The summed E-state index contributed by atoms with van der Waals surface area (Å²) in [5.41, 5.74) is 0.207. The van der Waals surface area contributed by atoms with E-state index in [4.69, 9.17) is 14.2 Å². The maximum atomic E-state index is 14.5. The van der Waals surface area contributed by atoms with Crippen LogP contribution in [-0.4, -0.2) is 89.7 Å². The average Bonchev–Trinajstić information content (AvgIpc) is 4.09. The number of carbonyl (C=O) groups is 4. The number of carbonyl (C=O) groups excluding carboxylic acids is 4. The van der Waals surface area contributed by atoms with Crippen LogP contribution in [-0.2, 0) is 33.9 Å². The van der Waals surface area contributed by atoms with E-state index in [1.54, 1.807) is 39.2 Å². The van der Waals surface area contributed by atoms with Gasteiger partial charge in [-0.2, -0.15) is 0 Å². The van der Waals surface area contributed by atoms with E-state index < -0.39 is 62.1 Å². The molecule has 2 aliphatic heterocycles. The van der Waals surface area contributed by atoms with Gasteiger partial charge >= 0.3 is 5.97 Å². The maximum Gasteiger partial charge on any atom is 0.306 e. The Balaban J connectivity index is 1.17. The first-order chi connectivity index (χ1) is 25.6. The highest BCUT2D eigenvalue weighted by atomic mass is 32.2. The fourth-order valence-corrected chi connectivity index (χ4v) is 8.77. The van der Waals surface area contributed by atoms with Gasteiger partial charge in [0.2, 0.25) is 27.7 Å². The van der Waals surface area contributed by atoms with Crippen molar-refractivity contribution >= 4 is 44.7 Å². The maximum absolute atomic E-state index is 14.5. The van der Waals surface area contributed by atoms with E-state index in [1.807, 2.05) is 12.2 Å². The highest BCUT2D eigenvalue weighted by molar-refractivity contribution is 7.91. The number of amides is 3. The van der Waals surface area contributed by atoms with E-state index in [0.29, 0.717) is 54.8 Å². The molecule has 4 fully saturated rings. The number of hydrogen-bond acceptors (Lipinski definition) is 11.